The summed E-state index contributed by atoms with van der Waals surface area (Å²) in [6.45, 7) is 1.03. The second kappa shape index (κ2) is 4.64. The van der Waals surface area contributed by atoms with Crippen LogP contribution >= 0.6 is 35.0 Å². The van der Waals surface area contributed by atoms with Gasteiger partial charge in [0.25, 0.3) is 0 Å². The number of nitrogens with zero attached hydrogens (tertiary/aromatic N) is 2. The highest BCUT2D eigenvalue weighted by Gasteiger charge is 2.15. The summed E-state index contributed by atoms with van der Waals surface area (Å²) in [7, 11) is 2.03. The van der Waals surface area contributed by atoms with Gasteiger partial charge in [-0.3, -0.25) is 0 Å². The number of halogens is 2. The Morgan fingerprint density at radius 1 is 1.40 bits per heavy atom. The summed E-state index contributed by atoms with van der Waals surface area (Å²) in [6, 6.07) is 5.49. The predicted octanol–water partition coefficient (Wildman–Crippen LogP) is 3.66. The van der Waals surface area contributed by atoms with E-state index in [-0.39, 0.29) is 0 Å². The summed E-state index contributed by atoms with van der Waals surface area (Å²) in [5.74, 6) is 1.08. The number of amidine groups is 1. The summed E-state index contributed by atoms with van der Waals surface area (Å²) < 4.78 is 0. The molecule has 0 spiro atoms. The Balaban J connectivity index is 2.34. The molecule has 1 aliphatic rings. The van der Waals surface area contributed by atoms with Crippen LogP contribution in [-0.4, -0.2) is 29.4 Å². The lowest BCUT2D eigenvalue weighted by molar-refractivity contribution is 0.563. The van der Waals surface area contributed by atoms with Crippen LogP contribution in [0.25, 0.3) is 0 Å². The number of hydrogen-bond donors (Lipinski definition) is 0. The van der Waals surface area contributed by atoms with E-state index in [2.05, 4.69) is 9.89 Å². The monoisotopic (exact) mass is 260 g/mol. The molecule has 80 valence electrons. The molecule has 2 rings (SSSR count). The van der Waals surface area contributed by atoms with Gasteiger partial charge in [0, 0.05) is 19.3 Å². The third-order valence-electron chi connectivity index (χ3n) is 2.13. The molecule has 1 aromatic carbocycles. The van der Waals surface area contributed by atoms with Crippen LogP contribution in [-0.2, 0) is 0 Å². The van der Waals surface area contributed by atoms with Gasteiger partial charge < -0.3 is 4.90 Å². The van der Waals surface area contributed by atoms with Crippen molar-refractivity contribution in [3.05, 3.63) is 28.2 Å². The van der Waals surface area contributed by atoms with Gasteiger partial charge in [0.15, 0.2) is 5.17 Å². The smallest absolute Gasteiger partial charge is 0.164 e. The van der Waals surface area contributed by atoms with Crippen LogP contribution in [0.2, 0.25) is 10.0 Å². The van der Waals surface area contributed by atoms with Crippen molar-refractivity contribution >= 4 is 45.8 Å². The molecular formula is C10H10Cl2N2S. The maximum absolute atomic E-state index is 6.05. The lowest BCUT2D eigenvalue weighted by Crippen LogP contribution is -2.17. The Morgan fingerprint density at radius 2 is 2.20 bits per heavy atom. The molecular weight excluding hydrogens is 251 g/mol. The van der Waals surface area contributed by atoms with E-state index < -0.39 is 0 Å². The number of aliphatic imine (C=N–C) groups is 1. The first kappa shape index (κ1) is 11.1. The first-order valence-corrected chi connectivity index (χ1v) is 6.29. The first-order chi connectivity index (χ1) is 7.18. The lowest BCUT2D eigenvalue weighted by atomic mass is 10.3. The Bertz CT molecular complexity index is 406. The van der Waals surface area contributed by atoms with Crippen LogP contribution in [0.4, 0.5) is 5.69 Å². The fourth-order valence-corrected chi connectivity index (χ4v) is 2.64. The molecule has 1 fully saturated rings. The Morgan fingerprint density at radius 3 is 2.87 bits per heavy atom. The fourth-order valence-electron chi connectivity index (χ4n) is 1.28. The van der Waals surface area contributed by atoms with Crippen molar-refractivity contribution in [2.24, 2.45) is 4.99 Å². The zero-order chi connectivity index (χ0) is 10.8. The zero-order valence-electron chi connectivity index (χ0n) is 8.20. The molecule has 0 N–H and O–H groups in total. The maximum atomic E-state index is 6.05. The number of benzene rings is 1. The topological polar surface area (TPSA) is 15.6 Å². The number of hydrogen-bond acceptors (Lipinski definition) is 2. The van der Waals surface area contributed by atoms with E-state index in [9.17, 15) is 0 Å². The summed E-state index contributed by atoms with van der Waals surface area (Å²) in [5, 5.41) is 2.07. The normalized spacial score (nSPS) is 18.9. The summed E-state index contributed by atoms with van der Waals surface area (Å²) >= 11 is 13.7. The summed E-state index contributed by atoms with van der Waals surface area (Å²) in [5.41, 5.74) is 0.736. The molecule has 1 aromatic rings. The highest BCUT2D eigenvalue weighted by atomic mass is 35.5. The maximum Gasteiger partial charge on any atom is 0.164 e. The Hall–Kier alpha value is -0.380. The van der Waals surface area contributed by atoms with Crippen LogP contribution in [0.1, 0.15) is 0 Å². The van der Waals surface area contributed by atoms with Crippen LogP contribution in [0.15, 0.2) is 23.2 Å². The largest absolute Gasteiger partial charge is 0.353 e. The van der Waals surface area contributed by atoms with Crippen LogP contribution < -0.4 is 0 Å². The molecule has 2 nitrogen and oxygen atoms in total. The molecule has 0 aliphatic carbocycles. The van der Waals surface area contributed by atoms with Crippen molar-refractivity contribution in [1.82, 2.24) is 4.90 Å². The minimum Gasteiger partial charge on any atom is -0.353 e. The predicted molar refractivity (Wildman–Crippen MR) is 68.6 cm³/mol. The first-order valence-electron chi connectivity index (χ1n) is 4.55. The second-order valence-corrected chi connectivity index (χ2v) is 5.08. The molecule has 0 bridgehead atoms. The van der Waals surface area contributed by atoms with E-state index in [4.69, 9.17) is 23.2 Å². The van der Waals surface area contributed by atoms with Gasteiger partial charge in [-0.2, -0.15) is 0 Å². The molecule has 0 unspecified atom stereocenters. The molecule has 1 saturated heterocycles. The second-order valence-electron chi connectivity index (χ2n) is 3.24. The zero-order valence-corrected chi connectivity index (χ0v) is 10.5. The molecule has 0 amide bonds. The SMILES string of the molecule is CN1CCSC1=Nc1cccc(Cl)c1Cl. The van der Waals surface area contributed by atoms with Gasteiger partial charge in [0.05, 0.1) is 15.7 Å². The van der Waals surface area contributed by atoms with Gasteiger partial charge in [-0.15, -0.1) is 0 Å². The van der Waals surface area contributed by atoms with Crippen LogP contribution in [0.3, 0.4) is 0 Å². The minimum atomic E-state index is 0.521. The molecule has 15 heavy (non-hydrogen) atoms. The molecule has 0 radical (unpaired) electrons. The van der Waals surface area contributed by atoms with Gasteiger partial charge in [0.1, 0.15) is 0 Å². The third-order valence-corrected chi connectivity index (χ3v) is 3.99. The molecule has 0 saturated carbocycles. The van der Waals surface area contributed by atoms with Gasteiger partial charge >= 0.3 is 0 Å². The fraction of sp³-hybridized carbons (Fsp3) is 0.300. The quantitative estimate of drug-likeness (QED) is 0.766. The summed E-state index contributed by atoms with van der Waals surface area (Å²) in [6.07, 6.45) is 0. The van der Waals surface area contributed by atoms with E-state index in [1.807, 2.05) is 19.2 Å². The van der Waals surface area contributed by atoms with E-state index >= 15 is 0 Å². The number of rotatable bonds is 1. The molecule has 0 atom stereocenters. The van der Waals surface area contributed by atoms with Crippen LogP contribution in [0.5, 0.6) is 0 Å². The standard InChI is InChI=1S/C10H10Cl2N2S/c1-14-5-6-15-10(14)13-8-4-2-3-7(11)9(8)12/h2-4H,5-6H2,1H3. The molecule has 5 heteroatoms. The molecule has 1 aliphatic heterocycles. The highest BCUT2D eigenvalue weighted by Crippen LogP contribution is 2.33. The van der Waals surface area contributed by atoms with E-state index in [1.165, 1.54) is 0 Å². The van der Waals surface area contributed by atoms with E-state index in [0.717, 1.165) is 23.2 Å². The van der Waals surface area contributed by atoms with Gasteiger partial charge in [0.2, 0.25) is 0 Å². The van der Waals surface area contributed by atoms with Crippen molar-refractivity contribution < 1.29 is 0 Å². The number of thioether (sulfide) groups is 1. The Kier molecular flexibility index (Phi) is 3.44. The molecule has 1 heterocycles. The third kappa shape index (κ3) is 2.41. The highest BCUT2D eigenvalue weighted by molar-refractivity contribution is 8.14. The summed E-state index contributed by atoms with van der Waals surface area (Å²) in [4.78, 5) is 6.60. The van der Waals surface area contributed by atoms with Crippen molar-refractivity contribution in [2.75, 3.05) is 19.3 Å². The van der Waals surface area contributed by atoms with E-state index in [0.29, 0.717) is 10.0 Å². The van der Waals surface area contributed by atoms with Crippen molar-refractivity contribution in [2.45, 2.75) is 0 Å². The van der Waals surface area contributed by atoms with Crippen molar-refractivity contribution in [3.8, 4) is 0 Å². The van der Waals surface area contributed by atoms with Gasteiger partial charge in [-0.25, -0.2) is 4.99 Å². The minimum absolute atomic E-state index is 0.521. The lowest BCUT2D eigenvalue weighted by Gasteiger charge is -2.10. The van der Waals surface area contributed by atoms with Crippen molar-refractivity contribution in [1.29, 1.82) is 0 Å². The Labute approximate surface area is 103 Å². The van der Waals surface area contributed by atoms with Crippen LogP contribution in [0, 0.1) is 0 Å². The van der Waals surface area contributed by atoms with Crippen molar-refractivity contribution in [3.63, 3.8) is 0 Å². The average molecular weight is 261 g/mol. The van der Waals surface area contributed by atoms with E-state index in [1.54, 1.807) is 17.8 Å². The van der Waals surface area contributed by atoms with Gasteiger partial charge in [-0.05, 0) is 12.1 Å². The average Bonchev–Trinajstić information content (AvgIpc) is 2.60. The molecule has 0 aromatic heterocycles. The van der Waals surface area contributed by atoms with Gasteiger partial charge in [-0.1, -0.05) is 41.0 Å².